The van der Waals surface area contributed by atoms with Crippen LogP contribution in [0.5, 0.6) is 0 Å². The number of carbonyl (C=O) groups excluding carboxylic acids is 1. The van der Waals surface area contributed by atoms with Gasteiger partial charge < -0.3 is 15.5 Å². The maximum Gasteiger partial charge on any atom is 0.257 e. The summed E-state index contributed by atoms with van der Waals surface area (Å²) in [5.41, 5.74) is 2.95. The molecule has 0 saturated carbocycles. The zero-order valence-electron chi connectivity index (χ0n) is 12.3. The predicted octanol–water partition coefficient (Wildman–Crippen LogP) is 3.70. The van der Waals surface area contributed by atoms with Gasteiger partial charge in [-0.15, -0.1) is 0 Å². The lowest BCUT2D eigenvalue weighted by Gasteiger charge is -2.15. The molecule has 0 unspecified atom stereocenters. The fraction of sp³-hybridized carbons (Fsp3) is 0.188. The monoisotopic (exact) mass is 303 g/mol. The summed E-state index contributed by atoms with van der Waals surface area (Å²) in [6.07, 6.45) is 0. The molecule has 0 bridgehead atoms. The molecule has 0 heterocycles. The fourth-order valence-electron chi connectivity index (χ4n) is 2.04. The first-order chi connectivity index (χ1) is 10.0. The number of hydrogen-bond donors (Lipinski definition) is 2. The highest BCUT2D eigenvalue weighted by Crippen LogP contribution is 2.28. The highest BCUT2D eigenvalue weighted by Gasteiger charge is 2.11. The van der Waals surface area contributed by atoms with E-state index >= 15 is 0 Å². The Balaban J connectivity index is 2.22. The predicted molar refractivity (Wildman–Crippen MR) is 89.7 cm³/mol. The molecule has 5 heteroatoms. The van der Waals surface area contributed by atoms with Gasteiger partial charge in [0.05, 0.1) is 16.3 Å². The van der Waals surface area contributed by atoms with Crippen molar-refractivity contribution in [1.82, 2.24) is 0 Å². The first-order valence-corrected chi connectivity index (χ1v) is 6.95. The maximum absolute atomic E-state index is 12.3. The van der Waals surface area contributed by atoms with Gasteiger partial charge in [0.2, 0.25) is 0 Å². The Morgan fingerprint density at radius 3 is 2.48 bits per heavy atom. The number of hydrogen-bond acceptors (Lipinski definition) is 3. The number of rotatable bonds is 4. The number of benzene rings is 2. The minimum Gasteiger partial charge on any atom is -0.387 e. The van der Waals surface area contributed by atoms with Gasteiger partial charge in [-0.05, 0) is 30.3 Å². The van der Waals surface area contributed by atoms with Gasteiger partial charge in [-0.3, -0.25) is 4.79 Å². The summed E-state index contributed by atoms with van der Waals surface area (Å²) >= 11 is 6.21. The molecule has 2 aromatic carbocycles. The Labute approximate surface area is 129 Å². The molecular formula is C16H18ClN3O. The molecular weight excluding hydrogens is 286 g/mol. The minimum absolute atomic E-state index is 0.173. The van der Waals surface area contributed by atoms with E-state index in [1.807, 2.05) is 49.3 Å². The van der Waals surface area contributed by atoms with E-state index in [4.69, 9.17) is 11.6 Å². The molecule has 0 atom stereocenters. The van der Waals surface area contributed by atoms with Crippen molar-refractivity contribution in [1.29, 1.82) is 0 Å². The molecule has 4 nitrogen and oxygen atoms in total. The number of anilines is 3. The molecule has 0 spiro atoms. The Kier molecular flexibility index (Phi) is 4.70. The van der Waals surface area contributed by atoms with Crippen molar-refractivity contribution < 1.29 is 4.79 Å². The number of amides is 1. The summed E-state index contributed by atoms with van der Waals surface area (Å²) in [7, 11) is 5.63. The standard InChI is InChI=1S/C16H18ClN3O/c1-18-14-7-5-4-6-12(14)16(21)19-11-8-9-15(20(2)3)13(17)10-11/h4-10,18H,1-3H3,(H,19,21). The quantitative estimate of drug-likeness (QED) is 0.905. The molecule has 2 aromatic rings. The third-order valence-corrected chi connectivity index (χ3v) is 3.43. The maximum atomic E-state index is 12.3. The third-order valence-electron chi connectivity index (χ3n) is 3.13. The molecule has 0 aromatic heterocycles. The first kappa shape index (κ1) is 15.2. The van der Waals surface area contributed by atoms with Crippen LogP contribution < -0.4 is 15.5 Å². The van der Waals surface area contributed by atoms with Crippen molar-refractivity contribution >= 4 is 34.6 Å². The van der Waals surface area contributed by atoms with Crippen molar-refractivity contribution in [2.45, 2.75) is 0 Å². The highest BCUT2D eigenvalue weighted by molar-refractivity contribution is 6.33. The summed E-state index contributed by atoms with van der Waals surface area (Å²) in [5.74, 6) is -0.173. The largest absolute Gasteiger partial charge is 0.387 e. The van der Waals surface area contributed by atoms with E-state index < -0.39 is 0 Å². The van der Waals surface area contributed by atoms with Crippen molar-refractivity contribution in [3.63, 3.8) is 0 Å². The van der Waals surface area contributed by atoms with Crippen molar-refractivity contribution in [3.05, 3.63) is 53.1 Å². The van der Waals surface area contributed by atoms with Gasteiger partial charge >= 0.3 is 0 Å². The van der Waals surface area contributed by atoms with Gasteiger partial charge in [-0.1, -0.05) is 23.7 Å². The van der Waals surface area contributed by atoms with E-state index in [2.05, 4.69) is 10.6 Å². The molecule has 0 aliphatic rings. The van der Waals surface area contributed by atoms with E-state index in [-0.39, 0.29) is 5.91 Å². The lowest BCUT2D eigenvalue weighted by Crippen LogP contribution is -2.14. The molecule has 0 radical (unpaired) electrons. The van der Waals surface area contributed by atoms with Crippen molar-refractivity contribution in [3.8, 4) is 0 Å². The molecule has 0 saturated heterocycles. The van der Waals surface area contributed by atoms with Gasteiger partial charge in [0, 0.05) is 32.5 Å². The van der Waals surface area contributed by atoms with E-state index in [1.165, 1.54) is 0 Å². The number of halogens is 1. The highest BCUT2D eigenvalue weighted by atomic mass is 35.5. The summed E-state index contributed by atoms with van der Waals surface area (Å²) in [5, 5.41) is 6.46. The zero-order chi connectivity index (χ0) is 15.4. The number of carbonyl (C=O) groups is 1. The van der Waals surface area contributed by atoms with Gasteiger partial charge in [-0.2, -0.15) is 0 Å². The van der Waals surface area contributed by atoms with Crippen LogP contribution in [0.2, 0.25) is 5.02 Å². The smallest absolute Gasteiger partial charge is 0.257 e. The van der Waals surface area contributed by atoms with Crippen LogP contribution >= 0.6 is 11.6 Å². The van der Waals surface area contributed by atoms with Crippen LogP contribution in [0.3, 0.4) is 0 Å². The zero-order valence-corrected chi connectivity index (χ0v) is 13.0. The fourth-order valence-corrected chi connectivity index (χ4v) is 2.39. The minimum atomic E-state index is -0.173. The van der Waals surface area contributed by atoms with Crippen LogP contribution in [-0.2, 0) is 0 Å². The molecule has 21 heavy (non-hydrogen) atoms. The third kappa shape index (κ3) is 3.47. The van der Waals surface area contributed by atoms with Gasteiger partial charge in [0.25, 0.3) is 5.91 Å². The summed E-state index contributed by atoms with van der Waals surface area (Å²) in [6.45, 7) is 0. The van der Waals surface area contributed by atoms with Crippen LogP contribution in [0.15, 0.2) is 42.5 Å². The van der Waals surface area contributed by atoms with Crippen molar-refractivity contribution in [2.24, 2.45) is 0 Å². The second-order valence-corrected chi connectivity index (χ2v) is 5.22. The lowest BCUT2D eigenvalue weighted by atomic mass is 10.1. The SMILES string of the molecule is CNc1ccccc1C(=O)Nc1ccc(N(C)C)c(Cl)c1. The first-order valence-electron chi connectivity index (χ1n) is 6.58. The normalized spacial score (nSPS) is 10.1. The number of nitrogens with zero attached hydrogens (tertiary/aromatic N) is 1. The van der Waals surface area contributed by atoms with Crippen LogP contribution in [0.1, 0.15) is 10.4 Å². The summed E-state index contributed by atoms with van der Waals surface area (Å²) in [6, 6.07) is 12.8. The molecule has 2 rings (SSSR count). The topological polar surface area (TPSA) is 44.4 Å². The molecule has 2 N–H and O–H groups in total. The molecule has 0 aliphatic carbocycles. The summed E-state index contributed by atoms with van der Waals surface area (Å²) in [4.78, 5) is 14.2. The van der Waals surface area contributed by atoms with E-state index in [0.29, 0.717) is 16.3 Å². The van der Waals surface area contributed by atoms with Crippen molar-refractivity contribution in [2.75, 3.05) is 36.7 Å². The molecule has 0 fully saturated rings. The summed E-state index contributed by atoms with van der Waals surface area (Å²) < 4.78 is 0. The Hall–Kier alpha value is -2.20. The second-order valence-electron chi connectivity index (χ2n) is 4.81. The molecule has 1 amide bonds. The van der Waals surface area contributed by atoms with Crippen LogP contribution in [-0.4, -0.2) is 27.1 Å². The average Bonchev–Trinajstić information content (AvgIpc) is 2.46. The van der Waals surface area contributed by atoms with E-state index in [0.717, 1.165) is 11.4 Å². The number of para-hydroxylation sites is 1. The van der Waals surface area contributed by atoms with Crippen LogP contribution in [0.25, 0.3) is 0 Å². The van der Waals surface area contributed by atoms with E-state index in [9.17, 15) is 4.79 Å². The lowest BCUT2D eigenvalue weighted by molar-refractivity contribution is 0.102. The Morgan fingerprint density at radius 2 is 1.86 bits per heavy atom. The Bertz CT molecular complexity index is 656. The molecule has 0 aliphatic heterocycles. The van der Waals surface area contributed by atoms with Crippen LogP contribution in [0.4, 0.5) is 17.1 Å². The Morgan fingerprint density at radius 1 is 1.14 bits per heavy atom. The second kappa shape index (κ2) is 6.50. The van der Waals surface area contributed by atoms with Crippen LogP contribution in [0, 0.1) is 0 Å². The van der Waals surface area contributed by atoms with Gasteiger partial charge in [0.15, 0.2) is 0 Å². The van der Waals surface area contributed by atoms with Gasteiger partial charge in [-0.25, -0.2) is 0 Å². The van der Waals surface area contributed by atoms with E-state index in [1.54, 1.807) is 19.2 Å². The average molecular weight is 304 g/mol. The molecule has 110 valence electrons. The van der Waals surface area contributed by atoms with Gasteiger partial charge in [0.1, 0.15) is 0 Å². The number of nitrogens with one attached hydrogen (secondary N) is 2.